The summed E-state index contributed by atoms with van der Waals surface area (Å²) in [4.78, 5) is 24.3. The lowest BCUT2D eigenvalue weighted by Crippen LogP contribution is -2.42. The highest BCUT2D eigenvalue weighted by Gasteiger charge is 2.34. The number of carboxylic acids is 1. The van der Waals surface area contributed by atoms with Crippen molar-refractivity contribution in [3.05, 3.63) is 28.2 Å². The topological polar surface area (TPSA) is 69.6 Å². The summed E-state index contributed by atoms with van der Waals surface area (Å²) in [6.45, 7) is 0.425. The van der Waals surface area contributed by atoms with E-state index in [9.17, 15) is 9.59 Å². The number of aliphatic carboxylic acids is 1. The van der Waals surface area contributed by atoms with Gasteiger partial charge in [-0.25, -0.2) is 9.59 Å². The SMILES string of the molecule is O=C(O)C1CCCN1C(=O)Nc1ccc(Cl)cc1Cl. The molecule has 1 aliphatic heterocycles. The van der Waals surface area contributed by atoms with Crippen molar-refractivity contribution < 1.29 is 14.7 Å². The average molecular weight is 303 g/mol. The van der Waals surface area contributed by atoms with Crippen LogP contribution in [0.25, 0.3) is 0 Å². The Bertz CT molecular complexity index is 522. The van der Waals surface area contributed by atoms with Gasteiger partial charge in [-0.3, -0.25) is 0 Å². The van der Waals surface area contributed by atoms with Gasteiger partial charge in [-0.1, -0.05) is 23.2 Å². The van der Waals surface area contributed by atoms with Gasteiger partial charge in [0.2, 0.25) is 0 Å². The maximum Gasteiger partial charge on any atom is 0.326 e. The van der Waals surface area contributed by atoms with Crippen molar-refractivity contribution in [2.75, 3.05) is 11.9 Å². The normalized spacial score (nSPS) is 18.4. The molecule has 102 valence electrons. The number of carboxylic acid groups (broad SMARTS) is 1. The van der Waals surface area contributed by atoms with E-state index in [1.54, 1.807) is 12.1 Å². The third-order valence-corrected chi connectivity index (χ3v) is 3.52. The van der Waals surface area contributed by atoms with Crippen LogP contribution in [0, 0.1) is 0 Å². The number of carbonyl (C=O) groups excluding carboxylic acids is 1. The largest absolute Gasteiger partial charge is 0.480 e. The molecule has 0 bridgehead atoms. The number of anilines is 1. The maximum absolute atomic E-state index is 12.0. The van der Waals surface area contributed by atoms with E-state index < -0.39 is 18.0 Å². The lowest BCUT2D eigenvalue weighted by molar-refractivity contribution is -0.141. The fourth-order valence-corrected chi connectivity index (χ4v) is 2.50. The highest BCUT2D eigenvalue weighted by molar-refractivity contribution is 6.36. The van der Waals surface area contributed by atoms with E-state index in [1.165, 1.54) is 11.0 Å². The molecule has 1 unspecified atom stereocenters. The number of likely N-dealkylation sites (tertiary alicyclic amines) is 1. The number of nitrogens with zero attached hydrogens (tertiary/aromatic N) is 1. The molecular weight excluding hydrogens is 291 g/mol. The van der Waals surface area contributed by atoms with E-state index in [4.69, 9.17) is 28.3 Å². The van der Waals surface area contributed by atoms with Crippen molar-refractivity contribution >= 4 is 40.9 Å². The van der Waals surface area contributed by atoms with E-state index in [-0.39, 0.29) is 0 Å². The monoisotopic (exact) mass is 302 g/mol. The molecule has 5 nitrogen and oxygen atoms in total. The molecule has 0 aliphatic carbocycles. The summed E-state index contributed by atoms with van der Waals surface area (Å²) in [6, 6.07) is 3.45. The molecule has 2 rings (SSSR count). The standard InChI is InChI=1S/C12H12Cl2N2O3/c13-7-3-4-9(8(14)6-7)15-12(19)16-5-1-2-10(16)11(17)18/h3-4,6,10H,1-2,5H2,(H,15,19)(H,17,18). The van der Waals surface area contributed by atoms with Crippen LogP contribution in [0.1, 0.15) is 12.8 Å². The first kappa shape index (κ1) is 14.0. The van der Waals surface area contributed by atoms with Gasteiger partial charge in [0, 0.05) is 11.6 Å². The van der Waals surface area contributed by atoms with Crippen LogP contribution in [0.3, 0.4) is 0 Å². The van der Waals surface area contributed by atoms with E-state index in [2.05, 4.69) is 5.32 Å². The molecule has 0 aromatic heterocycles. The summed E-state index contributed by atoms with van der Waals surface area (Å²) >= 11 is 11.7. The summed E-state index contributed by atoms with van der Waals surface area (Å²) in [5.74, 6) is -0.991. The predicted molar refractivity (Wildman–Crippen MR) is 72.8 cm³/mol. The quantitative estimate of drug-likeness (QED) is 0.882. The Labute approximate surface area is 120 Å². The second-order valence-corrected chi connectivity index (χ2v) is 5.09. The van der Waals surface area contributed by atoms with Gasteiger partial charge in [0.05, 0.1) is 10.7 Å². The van der Waals surface area contributed by atoms with Crippen molar-refractivity contribution in [3.63, 3.8) is 0 Å². The molecule has 7 heteroatoms. The molecule has 1 aromatic carbocycles. The van der Waals surface area contributed by atoms with Gasteiger partial charge in [-0.05, 0) is 31.0 Å². The van der Waals surface area contributed by atoms with Crippen LogP contribution in [0.5, 0.6) is 0 Å². The first-order chi connectivity index (χ1) is 8.99. The Morgan fingerprint density at radius 1 is 1.37 bits per heavy atom. The summed E-state index contributed by atoms with van der Waals surface area (Å²) in [5.41, 5.74) is 0.409. The van der Waals surface area contributed by atoms with E-state index in [0.29, 0.717) is 35.1 Å². The van der Waals surface area contributed by atoms with Crippen molar-refractivity contribution in [2.45, 2.75) is 18.9 Å². The summed E-state index contributed by atoms with van der Waals surface area (Å²) < 4.78 is 0. The van der Waals surface area contributed by atoms with Crippen molar-refractivity contribution in [1.82, 2.24) is 4.90 Å². The first-order valence-electron chi connectivity index (χ1n) is 5.74. The Hall–Kier alpha value is -1.46. The molecule has 19 heavy (non-hydrogen) atoms. The van der Waals surface area contributed by atoms with E-state index >= 15 is 0 Å². The van der Waals surface area contributed by atoms with Gasteiger partial charge >= 0.3 is 12.0 Å². The van der Waals surface area contributed by atoms with Gasteiger partial charge in [0.25, 0.3) is 0 Å². The molecular formula is C12H12Cl2N2O3. The second-order valence-electron chi connectivity index (χ2n) is 4.24. The first-order valence-corrected chi connectivity index (χ1v) is 6.50. The van der Waals surface area contributed by atoms with Crippen LogP contribution in [-0.4, -0.2) is 34.6 Å². The van der Waals surface area contributed by atoms with Crippen molar-refractivity contribution in [2.24, 2.45) is 0 Å². The number of benzene rings is 1. The number of carbonyl (C=O) groups is 2. The molecule has 1 aliphatic rings. The zero-order valence-electron chi connectivity index (χ0n) is 9.90. The number of nitrogens with one attached hydrogen (secondary N) is 1. The Kier molecular flexibility index (Phi) is 4.17. The predicted octanol–water partition coefficient (Wildman–Crippen LogP) is 3.07. The third-order valence-electron chi connectivity index (χ3n) is 2.97. The van der Waals surface area contributed by atoms with Gasteiger partial charge in [0.15, 0.2) is 0 Å². The zero-order chi connectivity index (χ0) is 14.0. The average Bonchev–Trinajstić information content (AvgIpc) is 2.82. The number of hydrogen-bond donors (Lipinski definition) is 2. The smallest absolute Gasteiger partial charge is 0.326 e. The summed E-state index contributed by atoms with van der Waals surface area (Å²) in [7, 11) is 0. The number of hydrogen-bond acceptors (Lipinski definition) is 2. The minimum Gasteiger partial charge on any atom is -0.480 e. The van der Waals surface area contributed by atoms with E-state index in [0.717, 1.165) is 0 Å². The molecule has 1 atom stereocenters. The minimum absolute atomic E-state index is 0.312. The molecule has 2 N–H and O–H groups in total. The van der Waals surface area contributed by atoms with Crippen LogP contribution in [-0.2, 0) is 4.79 Å². The van der Waals surface area contributed by atoms with Gasteiger partial charge < -0.3 is 15.3 Å². The van der Waals surface area contributed by atoms with Crippen molar-refractivity contribution in [3.8, 4) is 0 Å². The van der Waals surface area contributed by atoms with Crippen LogP contribution in [0.2, 0.25) is 10.0 Å². The summed E-state index contributed by atoms with van der Waals surface area (Å²) in [6.07, 6.45) is 1.15. The molecule has 0 radical (unpaired) electrons. The molecule has 1 aromatic rings. The molecule has 1 heterocycles. The third kappa shape index (κ3) is 3.11. The lowest BCUT2D eigenvalue weighted by atomic mass is 10.2. The number of rotatable bonds is 2. The van der Waals surface area contributed by atoms with Crippen LogP contribution < -0.4 is 5.32 Å². The maximum atomic E-state index is 12.0. The Balaban J connectivity index is 2.10. The molecule has 1 saturated heterocycles. The number of urea groups is 1. The molecule has 0 spiro atoms. The highest BCUT2D eigenvalue weighted by Crippen LogP contribution is 2.26. The van der Waals surface area contributed by atoms with Crippen LogP contribution >= 0.6 is 23.2 Å². The van der Waals surface area contributed by atoms with Gasteiger partial charge in [0.1, 0.15) is 6.04 Å². The molecule has 2 amide bonds. The van der Waals surface area contributed by atoms with Crippen LogP contribution in [0.15, 0.2) is 18.2 Å². The lowest BCUT2D eigenvalue weighted by Gasteiger charge is -2.22. The van der Waals surface area contributed by atoms with E-state index in [1.807, 2.05) is 0 Å². The van der Waals surface area contributed by atoms with Crippen LogP contribution in [0.4, 0.5) is 10.5 Å². The Morgan fingerprint density at radius 2 is 2.11 bits per heavy atom. The fraction of sp³-hybridized carbons (Fsp3) is 0.333. The van der Waals surface area contributed by atoms with Gasteiger partial charge in [-0.15, -0.1) is 0 Å². The van der Waals surface area contributed by atoms with Crippen molar-refractivity contribution in [1.29, 1.82) is 0 Å². The van der Waals surface area contributed by atoms with Gasteiger partial charge in [-0.2, -0.15) is 0 Å². The minimum atomic E-state index is -0.991. The summed E-state index contributed by atoms with van der Waals surface area (Å²) in [5, 5.41) is 12.4. The fourth-order valence-electron chi connectivity index (χ4n) is 2.04. The Morgan fingerprint density at radius 3 is 2.74 bits per heavy atom. The number of amides is 2. The number of halogens is 2. The molecule has 1 fully saturated rings. The molecule has 0 saturated carbocycles. The second kappa shape index (κ2) is 5.67. The highest BCUT2D eigenvalue weighted by atomic mass is 35.5. The zero-order valence-corrected chi connectivity index (χ0v) is 11.4.